The minimum Gasteiger partial charge on any atom is -0.383 e. The van der Waals surface area contributed by atoms with E-state index in [-0.39, 0.29) is 30.9 Å². The molecule has 10 nitrogen and oxygen atoms in total. The van der Waals surface area contributed by atoms with E-state index in [1.807, 2.05) is 23.1 Å². The van der Waals surface area contributed by atoms with Crippen LogP contribution in [0.3, 0.4) is 0 Å². The molecule has 1 saturated heterocycles. The number of nitrogens with two attached hydrogens (primary N) is 1. The normalized spacial score (nSPS) is 27.2. The maximum Gasteiger partial charge on any atom is 0.298 e. The second kappa shape index (κ2) is 7.76. The maximum atomic E-state index is 13.4. The lowest BCUT2D eigenvalue weighted by atomic mass is 10.0. The molecule has 5 aliphatic rings. The highest BCUT2D eigenvalue weighted by atomic mass is 16.6. The van der Waals surface area contributed by atoms with Crippen LogP contribution in [-0.2, 0) is 26.7 Å². The summed E-state index contributed by atoms with van der Waals surface area (Å²) in [5.74, 6) is -1.42. The van der Waals surface area contributed by atoms with E-state index in [0.29, 0.717) is 42.4 Å². The number of hydrogen-bond acceptors (Lipinski definition) is 8. The van der Waals surface area contributed by atoms with E-state index in [1.54, 1.807) is 23.1 Å². The van der Waals surface area contributed by atoms with Crippen molar-refractivity contribution in [3.05, 3.63) is 58.7 Å². The van der Waals surface area contributed by atoms with E-state index in [2.05, 4.69) is 9.89 Å². The molecule has 4 heterocycles. The Morgan fingerprint density at radius 1 is 1.11 bits per heavy atom. The molecule has 186 valence electrons. The van der Waals surface area contributed by atoms with E-state index < -0.39 is 12.1 Å². The van der Waals surface area contributed by atoms with Crippen molar-refractivity contribution >= 4 is 29.0 Å². The van der Waals surface area contributed by atoms with Crippen LogP contribution < -0.4 is 15.5 Å². The summed E-state index contributed by atoms with van der Waals surface area (Å²) in [6.07, 6.45) is 1.94. The molecule has 0 radical (unpaired) electrons. The summed E-state index contributed by atoms with van der Waals surface area (Å²) in [6, 6.07) is 11.2. The maximum absolute atomic E-state index is 13.4. The summed E-state index contributed by atoms with van der Waals surface area (Å²) in [7, 11) is 0. The predicted octanol–water partition coefficient (Wildman–Crippen LogP) is 1.10. The Kier molecular flexibility index (Phi) is 4.70. The molecule has 4 aliphatic heterocycles. The molecule has 0 spiro atoms. The Balaban J connectivity index is 1.24. The number of nitrogens with zero attached hydrogens (tertiary/aromatic N) is 4. The number of amides is 2. The van der Waals surface area contributed by atoms with Crippen LogP contribution in [0.4, 0.5) is 11.4 Å². The summed E-state index contributed by atoms with van der Waals surface area (Å²) >= 11 is 0. The topological polar surface area (TPSA) is 121 Å². The van der Waals surface area contributed by atoms with Gasteiger partial charge in [0.2, 0.25) is 0 Å². The number of morpholine rings is 1. The summed E-state index contributed by atoms with van der Waals surface area (Å²) < 4.78 is 11.4. The van der Waals surface area contributed by atoms with Crippen LogP contribution >= 0.6 is 0 Å². The first-order valence-electron chi connectivity index (χ1n) is 12.4. The Hall–Kier alpha value is -3.47. The van der Waals surface area contributed by atoms with Gasteiger partial charge in [-0.3, -0.25) is 14.5 Å². The van der Waals surface area contributed by atoms with Crippen molar-refractivity contribution in [3.63, 3.8) is 0 Å². The fourth-order valence-electron chi connectivity index (χ4n) is 5.68. The Morgan fingerprint density at radius 3 is 2.78 bits per heavy atom. The van der Waals surface area contributed by atoms with Crippen molar-refractivity contribution in [2.45, 2.75) is 31.5 Å². The predicted molar refractivity (Wildman–Crippen MR) is 130 cm³/mol. The van der Waals surface area contributed by atoms with E-state index >= 15 is 0 Å². The number of ether oxygens (including phenoxy) is 2. The van der Waals surface area contributed by atoms with Gasteiger partial charge in [0, 0.05) is 47.7 Å². The summed E-state index contributed by atoms with van der Waals surface area (Å²) in [5, 5.41) is 10.9. The fourth-order valence-corrected chi connectivity index (χ4v) is 5.68. The lowest BCUT2D eigenvalue weighted by molar-refractivity contribution is -0.204. The molecule has 0 unspecified atom stereocenters. The average Bonchev–Trinajstić information content (AvgIpc) is 3.60. The molecule has 2 fully saturated rings. The zero-order valence-corrected chi connectivity index (χ0v) is 19.7. The van der Waals surface area contributed by atoms with Gasteiger partial charge in [0.1, 0.15) is 18.6 Å². The third kappa shape index (κ3) is 3.32. The second-order valence-electron chi connectivity index (χ2n) is 10.1. The molecule has 7 rings (SSSR count). The number of anilines is 2. The molecule has 0 aromatic heterocycles. The van der Waals surface area contributed by atoms with Gasteiger partial charge < -0.3 is 30.1 Å². The number of carbonyl (C=O) groups is 2. The number of aliphatic imine (C=N–C) groups is 1. The second-order valence-corrected chi connectivity index (χ2v) is 10.1. The lowest BCUT2D eigenvalue weighted by Gasteiger charge is -2.44. The highest BCUT2D eigenvalue weighted by Gasteiger charge is 2.44. The van der Waals surface area contributed by atoms with Crippen LogP contribution in [0.1, 0.15) is 39.9 Å². The first-order chi connectivity index (χ1) is 17.4. The number of carbonyl (C=O) groups excluding carboxylic acids is 2. The first kappa shape index (κ1) is 21.8. The first-order valence-corrected chi connectivity index (χ1v) is 12.4. The molecular formula is C26H27N5O5. The standard InChI is InChI=1S/C26H27N5O5/c27-24-19-6-5-18-10-21(19)26(34,28-24)36-14-23(32)31(18)22-13-35-8-7-30(22)17-4-3-16-12-29(11-15-1-2-15)25(33)20(16)9-17/h3-6,9-10,15,22,34H,1-2,7-8,11-14H2,(H2,27,28)/t22-,26-/m1/s1. The number of hydrogen-bond donors (Lipinski definition) is 2. The molecule has 2 aromatic carbocycles. The summed E-state index contributed by atoms with van der Waals surface area (Å²) in [6.45, 7) is 2.44. The molecule has 3 N–H and O–H groups in total. The van der Waals surface area contributed by atoms with Gasteiger partial charge in [0.25, 0.3) is 17.7 Å². The molecular weight excluding hydrogens is 462 g/mol. The van der Waals surface area contributed by atoms with Gasteiger partial charge in [-0.25, -0.2) is 4.99 Å². The third-order valence-electron chi connectivity index (χ3n) is 7.73. The van der Waals surface area contributed by atoms with Crippen LogP contribution in [0.15, 0.2) is 41.4 Å². The van der Waals surface area contributed by atoms with Gasteiger partial charge in [-0.1, -0.05) is 6.07 Å². The Bertz CT molecular complexity index is 1320. The van der Waals surface area contributed by atoms with E-state index in [1.165, 1.54) is 12.8 Å². The summed E-state index contributed by atoms with van der Waals surface area (Å²) in [5.41, 5.74) is 10.2. The van der Waals surface area contributed by atoms with Gasteiger partial charge in [-0.05, 0) is 54.7 Å². The third-order valence-corrected chi connectivity index (χ3v) is 7.73. The van der Waals surface area contributed by atoms with Gasteiger partial charge in [0.15, 0.2) is 0 Å². The average molecular weight is 490 g/mol. The van der Waals surface area contributed by atoms with Crippen molar-refractivity contribution < 1.29 is 24.2 Å². The number of benzene rings is 2. The van der Waals surface area contributed by atoms with Crippen LogP contribution in [-0.4, -0.2) is 66.7 Å². The molecule has 1 saturated carbocycles. The molecule has 1 aliphatic carbocycles. The zero-order chi connectivity index (χ0) is 24.6. The van der Waals surface area contributed by atoms with Crippen molar-refractivity contribution in [1.82, 2.24) is 4.90 Å². The van der Waals surface area contributed by atoms with E-state index in [9.17, 15) is 14.7 Å². The highest BCUT2D eigenvalue weighted by molar-refractivity contribution is 6.04. The fraction of sp³-hybridized carbons (Fsp3) is 0.423. The molecule has 2 aromatic rings. The van der Waals surface area contributed by atoms with Gasteiger partial charge >= 0.3 is 0 Å². The van der Waals surface area contributed by atoms with Crippen molar-refractivity contribution in [1.29, 1.82) is 0 Å². The molecule has 10 heteroatoms. The SMILES string of the molecule is NC1=N[C@]2(O)OCC(=O)N([C@@H]3COCCN3c3ccc4c(c3)C(=O)N(CC3CC3)C4)c3ccc1c2c3. The van der Waals surface area contributed by atoms with Crippen LogP contribution in [0.25, 0.3) is 0 Å². The number of aliphatic hydroxyl groups is 1. The molecule has 2 atom stereocenters. The number of fused-ring (bicyclic) bond motifs is 2. The van der Waals surface area contributed by atoms with Gasteiger partial charge in [-0.2, -0.15) is 0 Å². The van der Waals surface area contributed by atoms with Gasteiger partial charge in [0.05, 0.1) is 13.2 Å². The van der Waals surface area contributed by atoms with Gasteiger partial charge in [-0.15, -0.1) is 0 Å². The van der Waals surface area contributed by atoms with Crippen molar-refractivity contribution in [3.8, 4) is 0 Å². The highest BCUT2D eigenvalue weighted by Crippen LogP contribution is 2.39. The summed E-state index contributed by atoms with van der Waals surface area (Å²) in [4.78, 5) is 36.3. The van der Waals surface area contributed by atoms with Crippen LogP contribution in [0.2, 0.25) is 0 Å². The Morgan fingerprint density at radius 2 is 1.94 bits per heavy atom. The van der Waals surface area contributed by atoms with Crippen molar-refractivity contribution in [2.24, 2.45) is 16.6 Å². The van der Waals surface area contributed by atoms with E-state index in [4.69, 9.17) is 15.2 Å². The molecule has 2 bridgehead atoms. The number of rotatable bonds is 4. The number of amidine groups is 1. The van der Waals surface area contributed by atoms with Crippen molar-refractivity contribution in [2.75, 3.05) is 42.7 Å². The minimum atomic E-state index is -1.97. The van der Waals surface area contributed by atoms with Crippen LogP contribution in [0, 0.1) is 5.92 Å². The quantitative estimate of drug-likeness (QED) is 0.660. The van der Waals surface area contributed by atoms with Crippen LogP contribution in [0.5, 0.6) is 0 Å². The largest absolute Gasteiger partial charge is 0.383 e. The monoisotopic (exact) mass is 489 g/mol. The smallest absolute Gasteiger partial charge is 0.298 e. The molecule has 36 heavy (non-hydrogen) atoms. The Labute approximate surface area is 207 Å². The molecule has 2 amide bonds. The lowest BCUT2D eigenvalue weighted by Crippen LogP contribution is -2.59. The minimum absolute atomic E-state index is 0.0785. The van der Waals surface area contributed by atoms with E-state index in [0.717, 1.165) is 23.4 Å². The zero-order valence-electron chi connectivity index (χ0n) is 19.7.